The average molecular weight is 255 g/mol. The molecule has 0 aromatic heterocycles. The summed E-state index contributed by atoms with van der Waals surface area (Å²) in [6, 6.07) is -0.504. The number of hydrogen-bond donors (Lipinski definition) is 3. The molecule has 5 nitrogen and oxygen atoms in total. The average Bonchev–Trinajstić information content (AvgIpc) is 2.28. The molecule has 3 atom stereocenters. The number of likely N-dealkylation sites (N-methyl/N-ethyl adjacent to an activating group) is 1. The zero-order valence-corrected chi connectivity index (χ0v) is 11.6. The first-order chi connectivity index (χ1) is 8.38. The number of nitrogens with one attached hydrogen (secondary N) is 2. The van der Waals surface area contributed by atoms with Crippen molar-refractivity contribution in [2.75, 3.05) is 6.54 Å². The molecule has 1 rings (SSSR count). The summed E-state index contributed by atoms with van der Waals surface area (Å²) in [6.07, 6.45) is 3.77. The lowest BCUT2D eigenvalue weighted by Gasteiger charge is -2.37. The summed E-state index contributed by atoms with van der Waals surface area (Å²) in [5, 5.41) is 5.45. The molecule has 0 heterocycles. The number of rotatable bonds is 4. The van der Waals surface area contributed by atoms with Crippen molar-refractivity contribution < 1.29 is 9.59 Å². The van der Waals surface area contributed by atoms with Gasteiger partial charge in [0, 0.05) is 12.1 Å². The van der Waals surface area contributed by atoms with Crippen molar-refractivity contribution in [1.29, 1.82) is 0 Å². The van der Waals surface area contributed by atoms with E-state index in [0.717, 1.165) is 25.7 Å². The fourth-order valence-corrected chi connectivity index (χ4v) is 2.50. The highest BCUT2D eigenvalue weighted by Gasteiger charge is 2.38. The molecule has 0 aliphatic heterocycles. The van der Waals surface area contributed by atoms with E-state index >= 15 is 0 Å². The molecule has 0 aromatic carbocycles. The third-order valence-electron chi connectivity index (χ3n) is 3.67. The molecule has 4 N–H and O–H groups in total. The Kier molecular flexibility index (Phi) is 5.14. The Balaban J connectivity index is 2.56. The molecule has 1 saturated carbocycles. The zero-order chi connectivity index (χ0) is 13.8. The van der Waals surface area contributed by atoms with Gasteiger partial charge in [-0.15, -0.1) is 0 Å². The third-order valence-corrected chi connectivity index (χ3v) is 3.67. The maximum absolute atomic E-state index is 12.2. The van der Waals surface area contributed by atoms with Gasteiger partial charge in [-0.2, -0.15) is 0 Å². The SMILES string of the molecule is CCNC(=O)C(C)NC(=O)C1CCCCC1(C)N. The van der Waals surface area contributed by atoms with Gasteiger partial charge in [0.15, 0.2) is 0 Å². The number of amides is 2. The van der Waals surface area contributed by atoms with Gasteiger partial charge in [-0.05, 0) is 33.6 Å². The Hall–Kier alpha value is -1.10. The first kappa shape index (κ1) is 15.0. The third kappa shape index (κ3) is 3.70. The largest absolute Gasteiger partial charge is 0.355 e. The first-order valence-electron chi connectivity index (χ1n) is 6.75. The van der Waals surface area contributed by atoms with Crippen LogP contribution in [0.4, 0.5) is 0 Å². The Morgan fingerprint density at radius 2 is 2.11 bits per heavy atom. The molecular formula is C13H25N3O2. The molecule has 0 bridgehead atoms. The molecule has 1 fully saturated rings. The van der Waals surface area contributed by atoms with E-state index in [1.165, 1.54) is 0 Å². The molecule has 18 heavy (non-hydrogen) atoms. The van der Waals surface area contributed by atoms with Crippen molar-refractivity contribution in [1.82, 2.24) is 10.6 Å². The van der Waals surface area contributed by atoms with Gasteiger partial charge >= 0.3 is 0 Å². The molecule has 0 saturated heterocycles. The molecule has 0 spiro atoms. The molecule has 0 radical (unpaired) electrons. The van der Waals surface area contributed by atoms with E-state index in [1.807, 2.05) is 13.8 Å². The van der Waals surface area contributed by atoms with Gasteiger partial charge in [0.25, 0.3) is 0 Å². The Morgan fingerprint density at radius 1 is 1.44 bits per heavy atom. The van der Waals surface area contributed by atoms with Gasteiger partial charge in [-0.25, -0.2) is 0 Å². The van der Waals surface area contributed by atoms with Gasteiger partial charge in [0.05, 0.1) is 5.92 Å². The highest BCUT2D eigenvalue weighted by molar-refractivity contribution is 5.88. The monoisotopic (exact) mass is 255 g/mol. The summed E-state index contributed by atoms with van der Waals surface area (Å²) >= 11 is 0. The van der Waals surface area contributed by atoms with E-state index in [9.17, 15) is 9.59 Å². The van der Waals surface area contributed by atoms with Crippen molar-refractivity contribution in [3.05, 3.63) is 0 Å². The van der Waals surface area contributed by atoms with Crippen LogP contribution in [0.15, 0.2) is 0 Å². The van der Waals surface area contributed by atoms with E-state index in [0.29, 0.717) is 6.54 Å². The van der Waals surface area contributed by atoms with Gasteiger partial charge in [-0.1, -0.05) is 12.8 Å². The fourth-order valence-electron chi connectivity index (χ4n) is 2.50. The summed E-state index contributed by atoms with van der Waals surface area (Å²) in [6.45, 7) is 6.04. The summed E-state index contributed by atoms with van der Waals surface area (Å²) in [5.74, 6) is -0.443. The van der Waals surface area contributed by atoms with E-state index in [-0.39, 0.29) is 17.7 Å². The molecule has 1 aliphatic rings. The maximum Gasteiger partial charge on any atom is 0.242 e. The van der Waals surface area contributed by atoms with Crippen LogP contribution < -0.4 is 16.4 Å². The summed E-state index contributed by atoms with van der Waals surface area (Å²) in [7, 11) is 0. The van der Waals surface area contributed by atoms with Crippen LogP contribution in [0.2, 0.25) is 0 Å². The predicted octanol–water partition coefficient (Wildman–Crippen LogP) is 0.535. The van der Waals surface area contributed by atoms with Gasteiger partial charge < -0.3 is 16.4 Å². The number of nitrogens with two attached hydrogens (primary N) is 1. The van der Waals surface area contributed by atoms with E-state index in [1.54, 1.807) is 6.92 Å². The molecular weight excluding hydrogens is 230 g/mol. The van der Waals surface area contributed by atoms with E-state index in [4.69, 9.17) is 5.73 Å². The Morgan fingerprint density at radius 3 is 2.67 bits per heavy atom. The van der Waals surface area contributed by atoms with Crippen LogP contribution in [0, 0.1) is 5.92 Å². The highest BCUT2D eigenvalue weighted by Crippen LogP contribution is 2.31. The van der Waals surface area contributed by atoms with Crippen LogP contribution in [-0.2, 0) is 9.59 Å². The quantitative estimate of drug-likeness (QED) is 0.685. The summed E-state index contributed by atoms with van der Waals surface area (Å²) in [5.41, 5.74) is 5.72. The van der Waals surface area contributed by atoms with Crippen molar-refractivity contribution >= 4 is 11.8 Å². The lowest BCUT2D eigenvalue weighted by Crippen LogP contribution is -2.55. The van der Waals surface area contributed by atoms with Crippen LogP contribution in [0.25, 0.3) is 0 Å². The second kappa shape index (κ2) is 6.18. The second-order valence-corrected chi connectivity index (χ2v) is 5.43. The van der Waals surface area contributed by atoms with Gasteiger partial charge in [0.1, 0.15) is 6.04 Å². The molecule has 3 unspecified atom stereocenters. The topological polar surface area (TPSA) is 84.2 Å². The number of carbonyl (C=O) groups is 2. The van der Waals surface area contributed by atoms with Crippen molar-refractivity contribution in [3.8, 4) is 0 Å². The minimum absolute atomic E-state index is 0.0987. The fraction of sp³-hybridized carbons (Fsp3) is 0.846. The maximum atomic E-state index is 12.2. The Bertz CT molecular complexity index is 315. The predicted molar refractivity (Wildman–Crippen MR) is 70.8 cm³/mol. The number of carbonyl (C=O) groups excluding carboxylic acids is 2. The molecule has 0 aromatic rings. The minimum atomic E-state index is -0.504. The smallest absolute Gasteiger partial charge is 0.242 e. The minimum Gasteiger partial charge on any atom is -0.355 e. The molecule has 104 valence electrons. The second-order valence-electron chi connectivity index (χ2n) is 5.43. The highest BCUT2D eigenvalue weighted by atomic mass is 16.2. The zero-order valence-electron chi connectivity index (χ0n) is 11.6. The van der Waals surface area contributed by atoms with Gasteiger partial charge in [-0.3, -0.25) is 9.59 Å². The van der Waals surface area contributed by atoms with Crippen LogP contribution in [0.1, 0.15) is 46.5 Å². The van der Waals surface area contributed by atoms with E-state index < -0.39 is 11.6 Å². The lowest BCUT2D eigenvalue weighted by molar-refractivity contribution is -0.132. The summed E-state index contributed by atoms with van der Waals surface area (Å²) in [4.78, 5) is 23.7. The Labute approximate surface area is 109 Å². The van der Waals surface area contributed by atoms with E-state index in [2.05, 4.69) is 10.6 Å². The molecule has 1 aliphatic carbocycles. The van der Waals surface area contributed by atoms with Crippen LogP contribution in [0.5, 0.6) is 0 Å². The van der Waals surface area contributed by atoms with Crippen LogP contribution in [-0.4, -0.2) is 29.9 Å². The summed E-state index contributed by atoms with van der Waals surface area (Å²) < 4.78 is 0. The van der Waals surface area contributed by atoms with Crippen molar-refractivity contribution in [2.24, 2.45) is 11.7 Å². The first-order valence-corrected chi connectivity index (χ1v) is 6.75. The van der Waals surface area contributed by atoms with Crippen molar-refractivity contribution in [3.63, 3.8) is 0 Å². The normalized spacial score (nSPS) is 29.4. The van der Waals surface area contributed by atoms with Crippen LogP contribution >= 0.6 is 0 Å². The number of hydrogen-bond acceptors (Lipinski definition) is 3. The van der Waals surface area contributed by atoms with Crippen LogP contribution in [0.3, 0.4) is 0 Å². The van der Waals surface area contributed by atoms with Crippen molar-refractivity contribution in [2.45, 2.75) is 58.0 Å². The molecule has 2 amide bonds. The lowest BCUT2D eigenvalue weighted by atomic mass is 9.74. The van der Waals surface area contributed by atoms with Gasteiger partial charge in [0.2, 0.25) is 11.8 Å². The standard InChI is InChI=1S/C13H25N3O2/c1-4-15-11(17)9(2)16-12(18)10-7-5-6-8-13(10,3)14/h9-10H,4-8,14H2,1-3H3,(H,15,17)(H,16,18). The molecule has 5 heteroatoms.